The van der Waals surface area contributed by atoms with Gasteiger partial charge in [-0.1, -0.05) is 0 Å². The van der Waals surface area contributed by atoms with Crippen LogP contribution in [0.4, 0.5) is 0 Å². The van der Waals surface area contributed by atoms with Gasteiger partial charge in [0.25, 0.3) is 0 Å². The summed E-state index contributed by atoms with van der Waals surface area (Å²) in [4.78, 5) is 26.6. The largest absolute Gasteiger partial charge is 0.347 e. The molecule has 1 saturated heterocycles. The number of nitrogens with two attached hydrogens (primary N) is 1. The Morgan fingerprint density at radius 3 is 2.67 bits per heavy atom. The molecule has 0 saturated carbocycles. The summed E-state index contributed by atoms with van der Waals surface area (Å²) >= 11 is 0. The first kappa shape index (κ1) is 12.0. The molecule has 2 amide bonds. The molecule has 1 aliphatic rings. The van der Waals surface area contributed by atoms with Gasteiger partial charge < -0.3 is 15.5 Å². The zero-order valence-corrected chi connectivity index (χ0v) is 9.40. The van der Waals surface area contributed by atoms with E-state index in [1.165, 1.54) is 0 Å². The average molecular weight is 213 g/mol. The molecule has 0 aromatic carbocycles. The van der Waals surface area contributed by atoms with Gasteiger partial charge in [-0.2, -0.15) is 0 Å². The van der Waals surface area contributed by atoms with Gasteiger partial charge in [-0.3, -0.25) is 9.59 Å². The van der Waals surface area contributed by atoms with E-state index in [1.54, 1.807) is 23.9 Å². The van der Waals surface area contributed by atoms with Gasteiger partial charge in [-0.25, -0.2) is 0 Å². The molecule has 15 heavy (non-hydrogen) atoms. The predicted molar refractivity (Wildman–Crippen MR) is 57.1 cm³/mol. The van der Waals surface area contributed by atoms with Crippen LogP contribution in [0.1, 0.15) is 19.3 Å². The Hall–Kier alpha value is -1.10. The summed E-state index contributed by atoms with van der Waals surface area (Å²) in [5.74, 6) is 0.00747. The summed E-state index contributed by atoms with van der Waals surface area (Å²) in [7, 11) is 3.43. The number of hydrogen-bond donors (Lipinski definition) is 1. The standard InChI is InChI=1S/C10H19N3O2/c1-12(2)10(15)8-4-3-7-13(8)9(14)5-6-11/h8H,3-7,11H2,1-2H3/t8-/m1/s1. The highest BCUT2D eigenvalue weighted by Gasteiger charge is 2.34. The molecule has 5 nitrogen and oxygen atoms in total. The van der Waals surface area contributed by atoms with Crippen molar-refractivity contribution in [2.45, 2.75) is 25.3 Å². The highest BCUT2D eigenvalue weighted by molar-refractivity contribution is 5.88. The topological polar surface area (TPSA) is 66.6 Å². The Kier molecular flexibility index (Phi) is 4.08. The molecule has 86 valence electrons. The van der Waals surface area contributed by atoms with Crippen molar-refractivity contribution in [3.8, 4) is 0 Å². The van der Waals surface area contributed by atoms with E-state index in [1.807, 2.05) is 0 Å². The van der Waals surface area contributed by atoms with Crippen LogP contribution in [0.2, 0.25) is 0 Å². The number of nitrogens with zero attached hydrogens (tertiary/aromatic N) is 2. The average Bonchev–Trinajstić information content (AvgIpc) is 2.65. The van der Waals surface area contributed by atoms with Crippen molar-refractivity contribution in [1.29, 1.82) is 0 Å². The third kappa shape index (κ3) is 2.68. The second-order valence-corrected chi connectivity index (χ2v) is 4.02. The maximum Gasteiger partial charge on any atom is 0.244 e. The lowest BCUT2D eigenvalue weighted by atomic mass is 10.2. The molecule has 1 rings (SSSR count). The normalized spacial score (nSPS) is 20.5. The molecule has 2 N–H and O–H groups in total. The summed E-state index contributed by atoms with van der Waals surface area (Å²) in [6, 6.07) is -0.265. The molecular weight excluding hydrogens is 194 g/mol. The van der Waals surface area contributed by atoms with Gasteiger partial charge in [0.05, 0.1) is 0 Å². The van der Waals surface area contributed by atoms with Gasteiger partial charge in [-0.15, -0.1) is 0 Å². The molecule has 1 atom stereocenters. The van der Waals surface area contributed by atoms with Crippen molar-refractivity contribution < 1.29 is 9.59 Å². The highest BCUT2D eigenvalue weighted by atomic mass is 16.2. The van der Waals surface area contributed by atoms with Crippen LogP contribution in [0.15, 0.2) is 0 Å². The second kappa shape index (κ2) is 5.11. The van der Waals surface area contributed by atoms with Crippen molar-refractivity contribution in [2.24, 2.45) is 5.73 Å². The summed E-state index contributed by atoms with van der Waals surface area (Å²) < 4.78 is 0. The molecule has 1 fully saturated rings. The van der Waals surface area contributed by atoms with E-state index < -0.39 is 0 Å². The van der Waals surface area contributed by atoms with Crippen LogP contribution < -0.4 is 5.73 Å². The maximum atomic E-state index is 11.8. The van der Waals surface area contributed by atoms with E-state index in [-0.39, 0.29) is 17.9 Å². The Labute approximate surface area is 90.2 Å². The van der Waals surface area contributed by atoms with Crippen LogP contribution in [0.25, 0.3) is 0 Å². The molecule has 0 spiro atoms. The fourth-order valence-electron chi connectivity index (χ4n) is 1.89. The SMILES string of the molecule is CN(C)C(=O)[C@H]1CCCN1C(=O)CCN. The van der Waals surface area contributed by atoms with Crippen molar-refractivity contribution >= 4 is 11.8 Å². The van der Waals surface area contributed by atoms with Crippen LogP contribution in [-0.2, 0) is 9.59 Å². The van der Waals surface area contributed by atoms with Crippen molar-refractivity contribution in [1.82, 2.24) is 9.80 Å². The Bertz CT molecular complexity index is 253. The van der Waals surface area contributed by atoms with Gasteiger partial charge in [0.1, 0.15) is 6.04 Å². The molecule has 5 heteroatoms. The van der Waals surface area contributed by atoms with Gasteiger partial charge in [0, 0.05) is 33.6 Å². The van der Waals surface area contributed by atoms with Crippen LogP contribution in [0.5, 0.6) is 0 Å². The molecular formula is C10H19N3O2. The lowest BCUT2D eigenvalue weighted by Gasteiger charge is -2.26. The minimum absolute atomic E-state index is 0.00444. The molecule has 0 aromatic heterocycles. The van der Waals surface area contributed by atoms with Crippen molar-refractivity contribution in [2.75, 3.05) is 27.2 Å². The molecule has 0 unspecified atom stereocenters. The molecule has 1 heterocycles. The number of carbonyl (C=O) groups excluding carboxylic acids is 2. The Morgan fingerprint density at radius 2 is 2.13 bits per heavy atom. The van der Waals surface area contributed by atoms with Crippen LogP contribution in [-0.4, -0.2) is 54.8 Å². The van der Waals surface area contributed by atoms with Crippen molar-refractivity contribution in [3.63, 3.8) is 0 Å². The lowest BCUT2D eigenvalue weighted by Crippen LogP contribution is -2.45. The Morgan fingerprint density at radius 1 is 1.47 bits per heavy atom. The predicted octanol–water partition coefficient (Wildman–Crippen LogP) is -0.586. The van der Waals surface area contributed by atoms with E-state index in [2.05, 4.69) is 0 Å². The lowest BCUT2D eigenvalue weighted by molar-refractivity contribution is -0.142. The number of likely N-dealkylation sites (N-methyl/N-ethyl adjacent to an activating group) is 1. The minimum atomic E-state index is -0.265. The zero-order valence-electron chi connectivity index (χ0n) is 9.40. The number of hydrogen-bond acceptors (Lipinski definition) is 3. The molecule has 0 bridgehead atoms. The molecule has 0 aliphatic carbocycles. The van der Waals surface area contributed by atoms with Crippen LogP contribution in [0.3, 0.4) is 0 Å². The third-order valence-electron chi connectivity index (χ3n) is 2.66. The zero-order chi connectivity index (χ0) is 11.4. The molecule has 1 aliphatic heterocycles. The summed E-state index contributed by atoms with van der Waals surface area (Å²) in [5, 5.41) is 0. The van der Waals surface area contributed by atoms with Gasteiger partial charge >= 0.3 is 0 Å². The van der Waals surface area contributed by atoms with E-state index in [9.17, 15) is 9.59 Å². The first-order chi connectivity index (χ1) is 7.07. The number of amides is 2. The summed E-state index contributed by atoms with van der Waals surface area (Å²) in [6.07, 6.45) is 2.01. The monoisotopic (exact) mass is 213 g/mol. The Balaban J connectivity index is 2.64. The molecule has 0 radical (unpaired) electrons. The van der Waals surface area contributed by atoms with Crippen molar-refractivity contribution in [3.05, 3.63) is 0 Å². The minimum Gasteiger partial charge on any atom is -0.347 e. The van der Waals surface area contributed by atoms with E-state index >= 15 is 0 Å². The maximum absolute atomic E-state index is 11.8. The van der Waals surface area contributed by atoms with Gasteiger partial charge in [0.15, 0.2) is 0 Å². The number of rotatable bonds is 3. The summed E-state index contributed by atoms with van der Waals surface area (Å²) in [5.41, 5.74) is 5.34. The molecule has 0 aromatic rings. The van der Waals surface area contributed by atoms with E-state index in [0.717, 1.165) is 12.8 Å². The quantitative estimate of drug-likeness (QED) is 0.681. The highest BCUT2D eigenvalue weighted by Crippen LogP contribution is 2.19. The first-order valence-electron chi connectivity index (χ1n) is 5.28. The van der Waals surface area contributed by atoms with E-state index in [0.29, 0.717) is 19.5 Å². The van der Waals surface area contributed by atoms with Crippen LogP contribution in [0, 0.1) is 0 Å². The third-order valence-corrected chi connectivity index (χ3v) is 2.66. The summed E-state index contributed by atoms with van der Waals surface area (Å²) in [6.45, 7) is 1.03. The van der Waals surface area contributed by atoms with E-state index in [4.69, 9.17) is 5.73 Å². The first-order valence-corrected chi connectivity index (χ1v) is 5.28. The fraction of sp³-hybridized carbons (Fsp3) is 0.800. The van der Waals surface area contributed by atoms with Gasteiger partial charge in [0.2, 0.25) is 11.8 Å². The fourth-order valence-corrected chi connectivity index (χ4v) is 1.89. The van der Waals surface area contributed by atoms with Crippen LogP contribution >= 0.6 is 0 Å². The second-order valence-electron chi connectivity index (χ2n) is 4.02. The smallest absolute Gasteiger partial charge is 0.244 e. The number of likely N-dealkylation sites (tertiary alicyclic amines) is 1. The number of carbonyl (C=O) groups is 2. The van der Waals surface area contributed by atoms with Gasteiger partial charge in [-0.05, 0) is 12.8 Å².